The van der Waals surface area contributed by atoms with Crippen molar-refractivity contribution < 1.29 is 29.4 Å². The monoisotopic (exact) mass is 475 g/mol. The summed E-state index contributed by atoms with van der Waals surface area (Å²) in [4.78, 5) is 52.4. The van der Waals surface area contributed by atoms with Crippen LogP contribution in [-0.4, -0.2) is 69.7 Å². The van der Waals surface area contributed by atoms with Crippen LogP contribution in [0.5, 0.6) is 0 Å². The zero-order valence-corrected chi connectivity index (χ0v) is 19.5. The lowest BCUT2D eigenvalue weighted by atomic mass is 10.0. The highest BCUT2D eigenvalue weighted by Gasteiger charge is 2.32. The second-order valence-electron chi connectivity index (χ2n) is 8.64. The van der Waals surface area contributed by atoms with Crippen LogP contribution in [0.3, 0.4) is 0 Å². The number of aromatic amines is 1. The van der Waals surface area contributed by atoms with Gasteiger partial charge in [-0.2, -0.15) is 0 Å². The third-order valence-electron chi connectivity index (χ3n) is 5.32. The molecule has 0 fully saturated rings. The molecule has 3 amide bonds. The van der Waals surface area contributed by atoms with Crippen LogP contribution in [0.15, 0.2) is 30.5 Å². The molecule has 8 N–H and O–H groups in total. The van der Waals surface area contributed by atoms with Gasteiger partial charge in [0.1, 0.15) is 18.1 Å². The van der Waals surface area contributed by atoms with E-state index in [-0.39, 0.29) is 25.3 Å². The number of carboxylic acids is 1. The minimum Gasteiger partial charge on any atom is -0.480 e. The topological polar surface area (TPSA) is 187 Å². The Kier molecular flexibility index (Phi) is 9.58. The van der Waals surface area contributed by atoms with Gasteiger partial charge < -0.3 is 36.9 Å². The molecule has 186 valence electrons. The summed E-state index contributed by atoms with van der Waals surface area (Å²) >= 11 is 0. The Hall–Kier alpha value is -3.44. The van der Waals surface area contributed by atoms with Gasteiger partial charge >= 0.3 is 5.97 Å². The number of aliphatic carboxylic acids is 1. The summed E-state index contributed by atoms with van der Waals surface area (Å²) in [5.41, 5.74) is 7.01. The van der Waals surface area contributed by atoms with Gasteiger partial charge in [-0.05, 0) is 30.9 Å². The van der Waals surface area contributed by atoms with Gasteiger partial charge in [0.25, 0.3) is 0 Å². The van der Waals surface area contributed by atoms with Crippen molar-refractivity contribution in [2.45, 2.75) is 57.8 Å². The maximum atomic E-state index is 13.1. The molecule has 2 rings (SSSR count). The Balaban J connectivity index is 2.21. The Morgan fingerprint density at radius 2 is 1.68 bits per heavy atom. The number of hydrogen-bond donors (Lipinski definition) is 7. The number of nitrogens with one attached hydrogen (secondary N) is 4. The van der Waals surface area contributed by atoms with Crippen molar-refractivity contribution in [3.05, 3.63) is 36.0 Å². The van der Waals surface area contributed by atoms with Crippen molar-refractivity contribution in [2.75, 3.05) is 6.54 Å². The van der Waals surface area contributed by atoms with Crippen molar-refractivity contribution in [1.29, 1.82) is 0 Å². The number of aliphatic hydroxyl groups is 1. The molecule has 0 saturated heterocycles. The van der Waals surface area contributed by atoms with Crippen molar-refractivity contribution in [2.24, 2.45) is 11.7 Å². The maximum absolute atomic E-state index is 13.1. The van der Waals surface area contributed by atoms with E-state index in [1.807, 2.05) is 38.1 Å². The second-order valence-corrected chi connectivity index (χ2v) is 8.64. The van der Waals surface area contributed by atoms with E-state index in [9.17, 15) is 29.4 Å². The van der Waals surface area contributed by atoms with E-state index >= 15 is 0 Å². The maximum Gasteiger partial charge on any atom is 0.326 e. The van der Waals surface area contributed by atoms with Crippen LogP contribution in [0.4, 0.5) is 0 Å². The van der Waals surface area contributed by atoms with Crippen LogP contribution < -0.4 is 21.7 Å². The number of H-pyrrole nitrogens is 1. The highest BCUT2D eigenvalue weighted by Crippen LogP contribution is 2.19. The lowest BCUT2D eigenvalue weighted by Gasteiger charge is -2.26. The molecule has 11 heteroatoms. The van der Waals surface area contributed by atoms with Crippen LogP contribution in [0.25, 0.3) is 10.9 Å². The standard InChI is InChI=1S/C23H33N5O6/c1-12(2)8-18(23(33)34)27-22(32)20(13(3)29)28-21(31)17(26-19(30)10-24)9-14-11-25-16-7-5-4-6-15(14)16/h4-7,11-13,17-18,20,25,29H,8-10,24H2,1-3H3,(H,26,30)(H,27,32)(H,28,31)(H,33,34). The number of carboxylic acid groups (broad SMARTS) is 1. The van der Waals surface area contributed by atoms with E-state index in [0.717, 1.165) is 16.5 Å². The molecule has 2 aromatic rings. The molecule has 0 bridgehead atoms. The van der Waals surface area contributed by atoms with Gasteiger partial charge in [-0.3, -0.25) is 14.4 Å². The first-order valence-electron chi connectivity index (χ1n) is 11.1. The van der Waals surface area contributed by atoms with E-state index < -0.39 is 47.9 Å². The van der Waals surface area contributed by atoms with E-state index in [1.54, 1.807) is 6.20 Å². The van der Waals surface area contributed by atoms with Crippen molar-refractivity contribution in [1.82, 2.24) is 20.9 Å². The molecule has 34 heavy (non-hydrogen) atoms. The minimum atomic E-state index is -1.43. The number of aromatic nitrogens is 1. The predicted octanol–water partition coefficient (Wildman–Crippen LogP) is -0.365. The fourth-order valence-electron chi connectivity index (χ4n) is 3.60. The Morgan fingerprint density at radius 3 is 2.26 bits per heavy atom. The van der Waals surface area contributed by atoms with Gasteiger partial charge in [0.15, 0.2) is 0 Å². The van der Waals surface area contributed by atoms with Gasteiger partial charge in [0.2, 0.25) is 17.7 Å². The molecular weight excluding hydrogens is 442 g/mol. The molecule has 0 spiro atoms. The smallest absolute Gasteiger partial charge is 0.326 e. The zero-order chi connectivity index (χ0) is 25.4. The average molecular weight is 476 g/mol. The minimum absolute atomic E-state index is 0.00646. The number of aliphatic hydroxyl groups excluding tert-OH is 1. The summed E-state index contributed by atoms with van der Waals surface area (Å²) in [6.07, 6.45) is 0.677. The number of hydrogen-bond acceptors (Lipinski definition) is 6. The lowest BCUT2D eigenvalue weighted by Crippen LogP contribution is -2.59. The molecule has 1 aromatic carbocycles. The van der Waals surface area contributed by atoms with Gasteiger partial charge in [-0.1, -0.05) is 32.0 Å². The first-order chi connectivity index (χ1) is 16.0. The highest BCUT2D eigenvalue weighted by molar-refractivity contribution is 5.94. The molecule has 4 atom stereocenters. The number of amides is 3. The van der Waals surface area contributed by atoms with Crippen molar-refractivity contribution in [3.63, 3.8) is 0 Å². The highest BCUT2D eigenvalue weighted by atomic mass is 16.4. The third-order valence-corrected chi connectivity index (χ3v) is 5.32. The van der Waals surface area contributed by atoms with Gasteiger partial charge in [-0.15, -0.1) is 0 Å². The van der Waals surface area contributed by atoms with E-state index in [0.29, 0.717) is 0 Å². The fourth-order valence-corrected chi connectivity index (χ4v) is 3.60. The molecule has 0 aliphatic carbocycles. The summed E-state index contributed by atoms with van der Waals surface area (Å²) in [7, 11) is 0. The first-order valence-corrected chi connectivity index (χ1v) is 11.1. The number of nitrogens with two attached hydrogens (primary N) is 1. The molecule has 1 heterocycles. The van der Waals surface area contributed by atoms with Gasteiger partial charge in [0.05, 0.1) is 12.6 Å². The molecule has 11 nitrogen and oxygen atoms in total. The molecule has 0 aliphatic heterocycles. The van der Waals surface area contributed by atoms with Crippen molar-refractivity contribution >= 4 is 34.6 Å². The third kappa shape index (κ3) is 7.29. The number of rotatable bonds is 12. The van der Waals surface area contributed by atoms with Crippen LogP contribution in [0.1, 0.15) is 32.8 Å². The number of benzene rings is 1. The molecular formula is C23H33N5O6. The number of carbonyl (C=O) groups excluding carboxylic acids is 3. The average Bonchev–Trinajstić information content (AvgIpc) is 3.18. The van der Waals surface area contributed by atoms with E-state index in [4.69, 9.17) is 5.73 Å². The summed E-state index contributed by atoms with van der Waals surface area (Å²) in [5, 5.41) is 27.7. The Bertz CT molecular complexity index is 1020. The summed E-state index contributed by atoms with van der Waals surface area (Å²) in [6, 6.07) is 3.75. The number of para-hydroxylation sites is 1. The predicted molar refractivity (Wildman–Crippen MR) is 126 cm³/mol. The normalized spacial score (nSPS) is 14.8. The Labute approximate surface area is 197 Å². The molecule has 1 aromatic heterocycles. The second kappa shape index (κ2) is 12.1. The van der Waals surface area contributed by atoms with E-state index in [1.165, 1.54) is 6.92 Å². The lowest BCUT2D eigenvalue weighted by molar-refractivity contribution is -0.143. The zero-order valence-electron chi connectivity index (χ0n) is 19.5. The fraction of sp³-hybridized carbons (Fsp3) is 0.478. The SMILES string of the molecule is CC(C)CC(NC(=O)C(NC(=O)C(Cc1c[nH]c2ccccc12)NC(=O)CN)C(C)O)C(=O)O. The van der Waals surface area contributed by atoms with E-state index in [2.05, 4.69) is 20.9 Å². The number of carbonyl (C=O) groups is 4. The molecule has 0 saturated carbocycles. The Morgan fingerprint density at radius 1 is 1.00 bits per heavy atom. The molecule has 0 aliphatic rings. The van der Waals surface area contributed by atoms with Crippen LogP contribution >= 0.6 is 0 Å². The van der Waals surface area contributed by atoms with Gasteiger partial charge in [-0.25, -0.2) is 4.79 Å². The summed E-state index contributed by atoms with van der Waals surface area (Å²) < 4.78 is 0. The van der Waals surface area contributed by atoms with Crippen LogP contribution in [-0.2, 0) is 25.6 Å². The van der Waals surface area contributed by atoms with Crippen LogP contribution in [0.2, 0.25) is 0 Å². The quantitative estimate of drug-likeness (QED) is 0.218. The van der Waals surface area contributed by atoms with Crippen molar-refractivity contribution in [3.8, 4) is 0 Å². The summed E-state index contributed by atoms with van der Waals surface area (Å²) in [5.74, 6) is -3.35. The molecule has 4 unspecified atom stereocenters. The number of fused-ring (bicyclic) bond motifs is 1. The largest absolute Gasteiger partial charge is 0.480 e. The summed E-state index contributed by atoms with van der Waals surface area (Å²) in [6.45, 7) is 4.58. The van der Waals surface area contributed by atoms with Crippen LogP contribution in [0, 0.1) is 5.92 Å². The van der Waals surface area contributed by atoms with Gasteiger partial charge in [0, 0.05) is 23.5 Å². The molecule has 0 radical (unpaired) electrons. The first kappa shape index (κ1) is 26.8.